The van der Waals surface area contributed by atoms with Gasteiger partial charge < -0.3 is 5.21 Å². The van der Waals surface area contributed by atoms with E-state index in [1.54, 1.807) is 5.32 Å². The number of aromatic nitrogens is 1. The number of carbonyl (C=O) groups is 2. The molecule has 2 aromatic carbocycles. The van der Waals surface area contributed by atoms with Crippen molar-refractivity contribution in [3.63, 3.8) is 0 Å². The van der Waals surface area contributed by atoms with Crippen molar-refractivity contribution in [2.45, 2.75) is 6.18 Å². The quantitative estimate of drug-likeness (QED) is 0.247. The Kier molecular flexibility index (Phi) is 7.01. The molecule has 1 aromatic heterocycles. The Labute approximate surface area is 197 Å². The lowest BCUT2D eigenvalue weighted by atomic mass is 10.1. The second-order valence-electron chi connectivity index (χ2n) is 6.37. The molecule has 0 atom stereocenters. The van der Waals surface area contributed by atoms with Crippen molar-refractivity contribution >= 4 is 46.7 Å². The molecule has 13 heteroatoms. The van der Waals surface area contributed by atoms with E-state index in [0.29, 0.717) is 0 Å². The van der Waals surface area contributed by atoms with Crippen LogP contribution in [0.3, 0.4) is 0 Å². The topological polar surface area (TPSA) is 83.7 Å². The number of carbonyl (C=O) groups excluding carboxylic acids is 2. The summed E-state index contributed by atoms with van der Waals surface area (Å²) in [6.45, 7) is 0. The van der Waals surface area contributed by atoms with Crippen molar-refractivity contribution in [1.29, 1.82) is 0 Å². The normalized spacial score (nSPS) is 12.0. The minimum atomic E-state index is -4.55. The van der Waals surface area contributed by atoms with Gasteiger partial charge in [0.25, 0.3) is 5.91 Å². The summed E-state index contributed by atoms with van der Waals surface area (Å²) in [6, 6.07) is 6.93. The molecule has 0 aliphatic carbocycles. The Morgan fingerprint density at radius 3 is 2.21 bits per heavy atom. The molecule has 3 aromatic rings. The summed E-state index contributed by atoms with van der Waals surface area (Å²) in [7, 11) is 0. The zero-order valence-electron chi connectivity index (χ0n) is 15.9. The molecule has 0 bridgehead atoms. The maximum Gasteiger partial charge on any atom is 0.416 e. The third kappa shape index (κ3) is 5.29. The SMILES string of the molecule is O=C(N=c1cc(Cl)c(-c2ccc(C(F)(F)F)cc2)c(Cl)n1O)NC(=O)c1c(F)cccc1Cl. The van der Waals surface area contributed by atoms with Gasteiger partial charge >= 0.3 is 12.2 Å². The Morgan fingerprint density at radius 2 is 1.64 bits per heavy atom. The molecule has 1 heterocycles. The molecule has 0 unspecified atom stereocenters. The van der Waals surface area contributed by atoms with Crippen molar-refractivity contribution in [3.8, 4) is 11.1 Å². The summed E-state index contributed by atoms with van der Waals surface area (Å²) in [5.41, 5.74) is -1.92. The van der Waals surface area contributed by atoms with Crippen LogP contribution < -0.4 is 10.8 Å². The Hall–Kier alpha value is -3.08. The molecule has 0 saturated heterocycles. The number of nitrogens with zero attached hydrogens (tertiary/aromatic N) is 2. The lowest BCUT2D eigenvalue weighted by Gasteiger charge is -2.12. The van der Waals surface area contributed by atoms with E-state index in [1.165, 1.54) is 12.1 Å². The standard InChI is InChI=1S/C20H10Cl3F4N3O3/c21-11-2-1-3-13(24)16(11)18(31)29-19(32)28-14-8-12(22)15(17(23)30(14)33)9-4-6-10(7-5-9)20(25,26)27/h1-8,33H,(H,29,31,32). The predicted octanol–water partition coefficient (Wildman–Crippen LogP) is 5.96. The fourth-order valence-electron chi connectivity index (χ4n) is 2.72. The number of alkyl halides is 3. The number of nitrogens with one attached hydrogen (secondary N) is 1. The van der Waals surface area contributed by atoms with Gasteiger partial charge in [-0.05, 0) is 29.8 Å². The van der Waals surface area contributed by atoms with Gasteiger partial charge in [0, 0.05) is 11.6 Å². The van der Waals surface area contributed by atoms with Crippen molar-refractivity contribution in [1.82, 2.24) is 10.0 Å². The van der Waals surface area contributed by atoms with E-state index in [-0.39, 0.29) is 25.9 Å². The van der Waals surface area contributed by atoms with Crippen LogP contribution in [0.5, 0.6) is 0 Å². The van der Waals surface area contributed by atoms with Gasteiger partial charge in [-0.15, -0.1) is 0 Å². The summed E-state index contributed by atoms with van der Waals surface area (Å²) < 4.78 is 52.3. The van der Waals surface area contributed by atoms with E-state index < -0.39 is 45.7 Å². The zero-order chi connectivity index (χ0) is 24.5. The van der Waals surface area contributed by atoms with Crippen LogP contribution in [0.25, 0.3) is 11.1 Å². The minimum absolute atomic E-state index is 0.0388. The van der Waals surface area contributed by atoms with Crippen molar-refractivity contribution in [2.24, 2.45) is 4.99 Å². The average molecular weight is 523 g/mol. The van der Waals surface area contributed by atoms with Crippen LogP contribution in [0.4, 0.5) is 22.4 Å². The van der Waals surface area contributed by atoms with Gasteiger partial charge in [-0.25, -0.2) is 9.18 Å². The molecule has 3 amide bonds. The number of benzene rings is 2. The summed E-state index contributed by atoms with van der Waals surface area (Å²) >= 11 is 18.0. The second kappa shape index (κ2) is 9.42. The molecule has 0 aliphatic heterocycles. The van der Waals surface area contributed by atoms with E-state index in [1.807, 2.05) is 0 Å². The van der Waals surface area contributed by atoms with Crippen LogP contribution in [0.15, 0.2) is 53.5 Å². The molecule has 0 spiro atoms. The second-order valence-corrected chi connectivity index (χ2v) is 7.54. The van der Waals surface area contributed by atoms with Crippen LogP contribution in [-0.4, -0.2) is 21.9 Å². The number of pyridine rings is 1. The fraction of sp³-hybridized carbons (Fsp3) is 0.0500. The van der Waals surface area contributed by atoms with Crippen molar-refractivity contribution in [3.05, 3.63) is 86.2 Å². The number of rotatable bonds is 2. The van der Waals surface area contributed by atoms with E-state index >= 15 is 0 Å². The van der Waals surface area contributed by atoms with Crippen LogP contribution in [-0.2, 0) is 6.18 Å². The summed E-state index contributed by atoms with van der Waals surface area (Å²) in [5, 5.41) is 11.1. The molecule has 0 saturated carbocycles. The summed E-state index contributed by atoms with van der Waals surface area (Å²) in [6.07, 6.45) is -4.55. The number of amides is 3. The van der Waals surface area contributed by atoms with Crippen molar-refractivity contribution in [2.75, 3.05) is 0 Å². The highest BCUT2D eigenvalue weighted by atomic mass is 35.5. The summed E-state index contributed by atoms with van der Waals surface area (Å²) in [4.78, 5) is 27.7. The molecule has 2 N–H and O–H groups in total. The number of hydrogen-bond donors (Lipinski definition) is 2. The van der Waals surface area contributed by atoms with Gasteiger partial charge in [0.2, 0.25) is 0 Å². The molecule has 33 heavy (non-hydrogen) atoms. The minimum Gasteiger partial charge on any atom is -0.425 e. The molecule has 6 nitrogen and oxygen atoms in total. The van der Waals surface area contributed by atoms with Gasteiger partial charge in [-0.1, -0.05) is 53.0 Å². The maximum absolute atomic E-state index is 13.8. The predicted molar refractivity (Wildman–Crippen MR) is 112 cm³/mol. The Balaban J connectivity index is 1.94. The van der Waals surface area contributed by atoms with Gasteiger partial charge in [0.05, 0.1) is 21.2 Å². The summed E-state index contributed by atoms with van der Waals surface area (Å²) in [5.74, 6) is -2.16. The lowest BCUT2D eigenvalue weighted by Crippen LogP contribution is -2.32. The number of hydrogen-bond acceptors (Lipinski definition) is 3. The highest BCUT2D eigenvalue weighted by Gasteiger charge is 2.30. The molecular formula is C20H10Cl3F4N3O3. The van der Waals surface area contributed by atoms with E-state index in [2.05, 4.69) is 4.99 Å². The van der Waals surface area contributed by atoms with Crippen LogP contribution in [0, 0.1) is 5.82 Å². The zero-order valence-corrected chi connectivity index (χ0v) is 18.2. The maximum atomic E-state index is 13.8. The smallest absolute Gasteiger partial charge is 0.416 e. The van der Waals surface area contributed by atoms with E-state index in [4.69, 9.17) is 34.8 Å². The molecule has 0 aliphatic rings. The Bertz CT molecular complexity index is 1300. The molecule has 3 rings (SSSR count). The largest absolute Gasteiger partial charge is 0.425 e. The number of imide groups is 1. The third-order valence-corrected chi connectivity index (χ3v) is 5.19. The molecule has 0 fully saturated rings. The average Bonchev–Trinajstić information content (AvgIpc) is 2.71. The van der Waals surface area contributed by atoms with E-state index in [9.17, 15) is 32.4 Å². The fourth-order valence-corrected chi connectivity index (χ4v) is 3.61. The first-order valence-corrected chi connectivity index (χ1v) is 9.85. The molecule has 0 radical (unpaired) electrons. The number of halogens is 7. The molecule has 172 valence electrons. The van der Waals surface area contributed by atoms with Gasteiger partial charge in [0.15, 0.2) is 10.6 Å². The van der Waals surface area contributed by atoms with Crippen LogP contribution in [0.1, 0.15) is 15.9 Å². The van der Waals surface area contributed by atoms with Crippen LogP contribution >= 0.6 is 34.8 Å². The Morgan fingerprint density at radius 1 is 1.00 bits per heavy atom. The van der Waals surface area contributed by atoms with Crippen LogP contribution in [0.2, 0.25) is 15.2 Å². The first-order chi connectivity index (χ1) is 15.4. The first-order valence-electron chi connectivity index (χ1n) is 8.72. The highest BCUT2D eigenvalue weighted by Crippen LogP contribution is 2.35. The van der Waals surface area contributed by atoms with Gasteiger partial charge in [0.1, 0.15) is 5.82 Å². The molecular weight excluding hydrogens is 513 g/mol. The van der Waals surface area contributed by atoms with Gasteiger partial charge in [-0.3, -0.25) is 10.1 Å². The lowest BCUT2D eigenvalue weighted by molar-refractivity contribution is -0.137. The highest BCUT2D eigenvalue weighted by molar-refractivity contribution is 6.38. The number of urea groups is 1. The van der Waals surface area contributed by atoms with Gasteiger partial charge in [-0.2, -0.15) is 22.9 Å². The monoisotopic (exact) mass is 521 g/mol. The first kappa shape index (κ1) is 24.6. The third-order valence-electron chi connectivity index (χ3n) is 4.23. The van der Waals surface area contributed by atoms with Crippen molar-refractivity contribution < 1.29 is 32.4 Å². The van der Waals surface area contributed by atoms with E-state index in [0.717, 1.165) is 36.4 Å².